The van der Waals surface area contributed by atoms with Gasteiger partial charge >= 0.3 is 0 Å². The van der Waals surface area contributed by atoms with Gasteiger partial charge in [-0.3, -0.25) is 9.69 Å². The highest BCUT2D eigenvalue weighted by Gasteiger charge is 2.27. The molecule has 19 heavy (non-hydrogen) atoms. The van der Waals surface area contributed by atoms with Gasteiger partial charge in [0.1, 0.15) is 0 Å². The molecule has 1 aliphatic rings. The number of nitrogens with zero attached hydrogens (tertiary/aromatic N) is 3. The highest BCUT2D eigenvalue weighted by atomic mass is 32.1. The fraction of sp³-hybridized carbons (Fsp3) is 0.750. The number of rotatable bonds is 8. The van der Waals surface area contributed by atoms with Crippen LogP contribution in [0.1, 0.15) is 36.5 Å². The maximum atomic E-state index is 11.9. The lowest BCUT2D eigenvalue weighted by Crippen LogP contribution is -2.36. The minimum atomic E-state index is -0.131. The Hall–Kier alpha value is -1.21. The first-order chi connectivity index (χ1) is 9.24. The Balaban J connectivity index is 1.73. The lowest BCUT2D eigenvalue weighted by atomic mass is 10.4. The molecule has 0 saturated heterocycles. The summed E-state index contributed by atoms with van der Waals surface area (Å²) in [6, 6.07) is 0.740. The van der Waals surface area contributed by atoms with Gasteiger partial charge < -0.3 is 10.6 Å². The number of hydrogen-bond acceptors (Lipinski definition) is 6. The minimum absolute atomic E-state index is 0.131. The summed E-state index contributed by atoms with van der Waals surface area (Å²) in [5.74, 6) is -0.131. The molecular weight excluding hydrogens is 262 g/mol. The van der Waals surface area contributed by atoms with Gasteiger partial charge in [0.15, 0.2) is 0 Å². The molecule has 0 unspecified atom stereocenters. The topological polar surface area (TPSA) is 70.1 Å². The second kappa shape index (κ2) is 6.81. The van der Waals surface area contributed by atoms with Gasteiger partial charge in [-0.1, -0.05) is 18.3 Å². The molecule has 106 valence electrons. The molecule has 1 fully saturated rings. The van der Waals surface area contributed by atoms with Gasteiger partial charge in [0.25, 0.3) is 5.91 Å². The molecule has 0 atom stereocenters. The molecule has 1 amide bonds. The van der Waals surface area contributed by atoms with Gasteiger partial charge in [-0.15, -0.1) is 10.2 Å². The quantitative estimate of drug-likeness (QED) is 0.750. The van der Waals surface area contributed by atoms with Crippen molar-refractivity contribution in [3.8, 4) is 0 Å². The van der Waals surface area contributed by atoms with Gasteiger partial charge in [-0.2, -0.15) is 0 Å². The molecule has 1 aromatic heterocycles. The molecule has 1 aliphatic carbocycles. The summed E-state index contributed by atoms with van der Waals surface area (Å²) >= 11 is 1.29. The van der Waals surface area contributed by atoms with Gasteiger partial charge in [0, 0.05) is 25.7 Å². The van der Waals surface area contributed by atoms with Crippen LogP contribution < -0.4 is 10.6 Å². The summed E-state index contributed by atoms with van der Waals surface area (Å²) in [7, 11) is 0. The first kappa shape index (κ1) is 14.2. The van der Waals surface area contributed by atoms with Crippen molar-refractivity contribution in [3.05, 3.63) is 5.01 Å². The summed E-state index contributed by atoms with van der Waals surface area (Å²) in [6.07, 6.45) is 2.59. The number of aromatic nitrogens is 2. The Kier molecular flexibility index (Phi) is 5.09. The van der Waals surface area contributed by atoms with Gasteiger partial charge in [-0.05, 0) is 26.3 Å². The van der Waals surface area contributed by atoms with Crippen LogP contribution in [0.3, 0.4) is 0 Å². The number of carbonyl (C=O) groups is 1. The fourth-order valence-electron chi connectivity index (χ4n) is 1.96. The molecule has 0 bridgehead atoms. The zero-order valence-corrected chi connectivity index (χ0v) is 12.3. The van der Waals surface area contributed by atoms with Crippen LogP contribution >= 0.6 is 11.3 Å². The molecule has 2 rings (SSSR count). The van der Waals surface area contributed by atoms with Crippen LogP contribution in [0, 0.1) is 0 Å². The molecule has 6 nitrogen and oxygen atoms in total. The zero-order valence-electron chi connectivity index (χ0n) is 11.5. The molecule has 1 aromatic rings. The highest BCUT2D eigenvalue weighted by Crippen LogP contribution is 2.25. The van der Waals surface area contributed by atoms with E-state index in [1.165, 1.54) is 24.2 Å². The van der Waals surface area contributed by atoms with Crippen LogP contribution in [0.5, 0.6) is 0 Å². The normalized spacial score (nSPS) is 14.7. The van der Waals surface area contributed by atoms with Crippen LogP contribution in [0.25, 0.3) is 0 Å². The molecule has 0 radical (unpaired) electrons. The molecule has 0 aliphatic heterocycles. The van der Waals surface area contributed by atoms with E-state index in [2.05, 4.69) is 32.7 Å². The molecule has 2 N–H and O–H groups in total. The SMILES string of the molecule is CCNc1nnc(C(=O)NCCN(CC)C2CC2)s1. The molecule has 1 heterocycles. The van der Waals surface area contributed by atoms with Crippen molar-refractivity contribution in [2.24, 2.45) is 0 Å². The van der Waals surface area contributed by atoms with Crippen LogP contribution in [-0.2, 0) is 0 Å². The Labute approximate surface area is 117 Å². The Bertz CT molecular complexity index is 418. The van der Waals surface area contributed by atoms with E-state index in [4.69, 9.17) is 0 Å². The van der Waals surface area contributed by atoms with E-state index < -0.39 is 0 Å². The lowest BCUT2D eigenvalue weighted by Gasteiger charge is -2.19. The second-order valence-electron chi connectivity index (χ2n) is 4.56. The monoisotopic (exact) mass is 283 g/mol. The van der Waals surface area contributed by atoms with E-state index in [0.29, 0.717) is 16.7 Å². The predicted molar refractivity (Wildman–Crippen MR) is 76.7 cm³/mol. The third kappa shape index (κ3) is 4.14. The summed E-state index contributed by atoms with van der Waals surface area (Å²) < 4.78 is 0. The number of nitrogens with one attached hydrogen (secondary N) is 2. The Morgan fingerprint density at radius 3 is 2.84 bits per heavy atom. The Morgan fingerprint density at radius 1 is 1.42 bits per heavy atom. The fourth-order valence-corrected chi connectivity index (χ4v) is 2.69. The zero-order chi connectivity index (χ0) is 13.7. The minimum Gasteiger partial charge on any atom is -0.360 e. The lowest BCUT2D eigenvalue weighted by molar-refractivity contribution is 0.0947. The first-order valence-electron chi connectivity index (χ1n) is 6.84. The van der Waals surface area contributed by atoms with Gasteiger partial charge in [0.2, 0.25) is 10.1 Å². The van der Waals surface area contributed by atoms with Gasteiger partial charge in [0.05, 0.1) is 0 Å². The number of amides is 1. The number of likely N-dealkylation sites (N-methyl/N-ethyl adjacent to an activating group) is 1. The molecule has 1 saturated carbocycles. The standard InChI is InChI=1S/C12H21N5OS/c1-3-13-12-16-15-11(19-12)10(18)14-7-8-17(4-2)9-5-6-9/h9H,3-8H2,1-2H3,(H,13,16)(H,14,18). The summed E-state index contributed by atoms with van der Waals surface area (Å²) in [5.41, 5.74) is 0. The largest absolute Gasteiger partial charge is 0.360 e. The van der Waals surface area contributed by atoms with Crippen LogP contribution in [0.2, 0.25) is 0 Å². The molecule has 0 aromatic carbocycles. The van der Waals surface area contributed by atoms with Crippen molar-refractivity contribution in [2.75, 3.05) is 31.5 Å². The average molecular weight is 283 g/mol. The van der Waals surface area contributed by atoms with Crippen LogP contribution in [0.4, 0.5) is 5.13 Å². The maximum absolute atomic E-state index is 11.9. The molecule has 7 heteroatoms. The smallest absolute Gasteiger partial charge is 0.282 e. The second-order valence-corrected chi connectivity index (χ2v) is 5.54. The molecular formula is C12H21N5OS. The number of carbonyl (C=O) groups excluding carboxylic acids is 1. The first-order valence-corrected chi connectivity index (χ1v) is 7.65. The third-order valence-electron chi connectivity index (χ3n) is 3.10. The summed E-state index contributed by atoms with van der Waals surface area (Å²) in [4.78, 5) is 14.3. The Morgan fingerprint density at radius 2 is 2.21 bits per heavy atom. The van der Waals surface area contributed by atoms with Crippen LogP contribution in [0.15, 0.2) is 0 Å². The van der Waals surface area contributed by atoms with Crippen molar-refractivity contribution in [2.45, 2.75) is 32.7 Å². The van der Waals surface area contributed by atoms with Crippen molar-refractivity contribution in [1.82, 2.24) is 20.4 Å². The van der Waals surface area contributed by atoms with Gasteiger partial charge in [-0.25, -0.2) is 0 Å². The maximum Gasteiger partial charge on any atom is 0.282 e. The van der Waals surface area contributed by atoms with Crippen molar-refractivity contribution in [1.29, 1.82) is 0 Å². The van der Waals surface area contributed by atoms with Crippen molar-refractivity contribution < 1.29 is 4.79 Å². The van der Waals surface area contributed by atoms with Crippen molar-refractivity contribution >= 4 is 22.4 Å². The van der Waals surface area contributed by atoms with E-state index in [0.717, 1.165) is 25.7 Å². The van der Waals surface area contributed by atoms with E-state index in [9.17, 15) is 4.79 Å². The summed E-state index contributed by atoms with van der Waals surface area (Å²) in [5, 5.41) is 14.9. The number of hydrogen-bond donors (Lipinski definition) is 2. The van der Waals surface area contributed by atoms with Crippen molar-refractivity contribution in [3.63, 3.8) is 0 Å². The van der Waals surface area contributed by atoms with E-state index in [1.807, 2.05) is 6.92 Å². The average Bonchev–Trinajstić information content (AvgIpc) is 3.14. The highest BCUT2D eigenvalue weighted by molar-refractivity contribution is 7.17. The van der Waals surface area contributed by atoms with Crippen LogP contribution in [-0.4, -0.2) is 53.2 Å². The third-order valence-corrected chi connectivity index (χ3v) is 3.98. The van der Waals surface area contributed by atoms with E-state index >= 15 is 0 Å². The predicted octanol–water partition coefficient (Wildman–Crippen LogP) is 1.18. The molecule has 0 spiro atoms. The summed E-state index contributed by atoms with van der Waals surface area (Å²) in [6.45, 7) is 7.55. The van der Waals surface area contributed by atoms with E-state index in [-0.39, 0.29) is 5.91 Å². The van der Waals surface area contributed by atoms with E-state index in [1.54, 1.807) is 0 Å². The number of anilines is 1.